The van der Waals surface area contributed by atoms with E-state index < -0.39 is 6.10 Å². The van der Waals surface area contributed by atoms with Gasteiger partial charge in [0.2, 0.25) is 0 Å². The molecule has 1 heterocycles. The molecular weight excluding hydrogens is 214 g/mol. The molecule has 56 valence electrons. The van der Waals surface area contributed by atoms with Gasteiger partial charge >= 0.3 is 0 Å². The molecule has 0 saturated heterocycles. The second kappa shape index (κ2) is 2.98. The zero-order chi connectivity index (χ0) is 7.72. The first-order chi connectivity index (χ1) is 4.61. The molecule has 1 rings (SSSR count). The van der Waals surface area contributed by atoms with E-state index >= 15 is 0 Å². The monoisotopic (exact) mass is 221 g/mol. The third-order valence-corrected chi connectivity index (χ3v) is 3.29. The van der Waals surface area contributed by atoms with Crippen LogP contribution in [0.15, 0.2) is 3.79 Å². The van der Waals surface area contributed by atoms with Crippen molar-refractivity contribution in [3.05, 3.63) is 14.5 Å². The van der Waals surface area contributed by atoms with Gasteiger partial charge in [0.15, 0.2) is 0 Å². The van der Waals surface area contributed by atoms with Crippen LogP contribution in [0, 0.1) is 6.92 Å². The van der Waals surface area contributed by atoms with Crippen LogP contribution in [0.2, 0.25) is 0 Å². The Morgan fingerprint density at radius 1 is 1.70 bits per heavy atom. The van der Waals surface area contributed by atoms with Crippen molar-refractivity contribution >= 4 is 27.3 Å². The summed E-state index contributed by atoms with van der Waals surface area (Å²) in [4.78, 5) is 4.13. The maximum atomic E-state index is 9.09. The van der Waals surface area contributed by atoms with Gasteiger partial charge in [-0.2, -0.15) is 0 Å². The van der Waals surface area contributed by atoms with E-state index in [4.69, 9.17) is 5.11 Å². The SMILES string of the molecule is Cc1nc([C@H](C)O)sc1Br. The van der Waals surface area contributed by atoms with Crippen LogP contribution in [-0.2, 0) is 0 Å². The first-order valence-corrected chi connectivity index (χ1v) is 4.53. The van der Waals surface area contributed by atoms with E-state index in [0.717, 1.165) is 14.5 Å². The van der Waals surface area contributed by atoms with E-state index in [1.807, 2.05) is 6.92 Å². The van der Waals surface area contributed by atoms with Crippen molar-refractivity contribution < 1.29 is 5.11 Å². The Labute approximate surface area is 72.0 Å². The second-order valence-corrected chi connectivity index (χ2v) is 4.44. The molecule has 0 radical (unpaired) electrons. The standard InChI is InChI=1S/C6H8BrNOS/c1-3-5(7)10-6(8-3)4(2)9/h4,9H,1-2H3/t4-/m0/s1. The van der Waals surface area contributed by atoms with Crippen LogP contribution < -0.4 is 0 Å². The van der Waals surface area contributed by atoms with Gasteiger partial charge in [-0.05, 0) is 29.8 Å². The molecule has 0 aliphatic rings. The van der Waals surface area contributed by atoms with Gasteiger partial charge in [-0.3, -0.25) is 0 Å². The van der Waals surface area contributed by atoms with Gasteiger partial charge in [0.25, 0.3) is 0 Å². The average molecular weight is 222 g/mol. The predicted octanol–water partition coefficient (Wildman–Crippen LogP) is 2.27. The molecule has 10 heavy (non-hydrogen) atoms. The molecule has 1 N–H and O–H groups in total. The third kappa shape index (κ3) is 1.56. The number of halogens is 1. The van der Waals surface area contributed by atoms with E-state index in [0.29, 0.717) is 0 Å². The summed E-state index contributed by atoms with van der Waals surface area (Å²) in [6.07, 6.45) is -0.449. The topological polar surface area (TPSA) is 33.1 Å². The molecule has 0 aliphatic heterocycles. The smallest absolute Gasteiger partial charge is 0.122 e. The highest BCUT2D eigenvalue weighted by molar-refractivity contribution is 9.11. The van der Waals surface area contributed by atoms with E-state index in [1.54, 1.807) is 6.92 Å². The molecule has 1 atom stereocenters. The van der Waals surface area contributed by atoms with Gasteiger partial charge in [-0.25, -0.2) is 4.98 Å². The van der Waals surface area contributed by atoms with Crippen LogP contribution in [0.3, 0.4) is 0 Å². The van der Waals surface area contributed by atoms with Crippen LogP contribution in [-0.4, -0.2) is 10.1 Å². The summed E-state index contributed by atoms with van der Waals surface area (Å²) in [5.74, 6) is 0. The van der Waals surface area contributed by atoms with Gasteiger partial charge in [0.1, 0.15) is 11.1 Å². The van der Waals surface area contributed by atoms with Crippen molar-refractivity contribution in [1.82, 2.24) is 4.98 Å². The predicted molar refractivity (Wildman–Crippen MR) is 45.2 cm³/mol. The summed E-state index contributed by atoms with van der Waals surface area (Å²) in [6.45, 7) is 3.62. The number of hydrogen-bond donors (Lipinski definition) is 1. The zero-order valence-corrected chi connectivity index (χ0v) is 8.16. The Bertz CT molecular complexity index is 214. The number of aromatic nitrogens is 1. The summed E-state index contributed by atoms with van der Waals surface area (Å²) in [5, 5.41) is 9.86. The molecular formula is C6H8BrNOS. The van der Waals surface area contributed by atoms with Crippen molar-refractivity contribution in [3.63, 3.8) is 0 Å². The molecule has 0 bridgehead atoms. The van der Waals surface area contributed by atoms with Crippen molar-refractivity contribution in [2.45, 2.75) is 20.0 Å². The molecule has 0 unspecified atom stereocenters. The van der Waals surface area contributed by atoms with E-state index in [2.05, 4.69) is 20.9 Å². The molecule has 2 nitrogen and oxygen atoms in total. The van der Waals surface area contributed by atoms with Gasteiger partial charge in [-0.1, -0.05) is 0 Å². The van der Waals surface area contributed by atoms with Crippen LogP contribution in [0.25, 0.3) is 0 Å². The Kier molecular flexibility index (Phi) is 2.44. The maximum Gasteiger partial charge on any atom is 0.122 e. The lowest BCUT2D eigenvalue weighted by Crippen LogP contribution is -1.88. The minimum absolute atomic E-state index is 0.449. The van der Waals surface area contributed by atoms with Gasteiger partial charge in [0.05, 0.1) is 9.48 Å². The summed E-state index contributed by atoms with van der Waals surface area (Å²) < 4.78 is 1.00. The molecule has 0 amide bonds. The number of aliphatic hydroxyl groups is 1. The highest BCUT2D eigenvalue weighted by atomic mass is 79.9. The Balaban J connectivity index is 2.98. The average Bonchev–Trinajstić information content (AvgIpc) is 2.13. The lowest BCUT2D eigenvalue weighted by molar-refractivity contribution is 0.198. The minimum atomic E-state index is -0.449. The molecule has 0 aliphatic carbocycles. The molecule has 1 aromatic rings. The number of hydrogen-bond acceptors (Lipinski definition) is 3. The second-order valence-electron chi connectivity index (χ2n) is 2.09. The van der Waals surface area contributed by atoms with Gasteiger partial charge in [-0.15, -0.1) is 11.3 Å². The van der Waals surface area contributed by atoms with Gasteiger partial charge < -0.3 is 5.11 Å². The largest absolute Gasteiger partial charge is 0.386 e. The number of thiazole rings is 1. The molecule has 1 aromatic heterocycles. The fourth-order valence-corrected chi connectivity index (χ4v) is 1.89. The van der Waals surface area contributed by atoms with Crippen molar-refractivity contribution in [2.75, 3.05) is 0 Å². The molecule has 0 aromatic carbocycles. The van der Waals surface area contributed by atoms with E-state index in [9.17, 15) is 0 Å². The minimum Gasteiger partial charge on any atom is -0.386 e. The van der Waals surface area contributed by atoms with Crippen molar-refractivity contribution in [2.24, 2.45) is 0 Å². The lowest BCUT2D eigenvalue weighted by atomic mass is 10.4. The highest BCUT2D eigenvalue weighted by Crippen LogP contribution is 2.27. The fourth-order valence-electron chi connectivity index (χ4n) is 0.576. The summed E-state index contributed by atoms with van der Waals surface area (Å²) in [6, 6.07) is 0. The normalized spacial score (nSPS) is 13.6. The number of aryl methyl sites for hydroxylation is 1. The first kappa shape index (κ1) is 8.17. The Morgan fingerprint density at radius 2 is 2.30 bits per heavy atom. The van der Waals surface area contributed by atoms with Crippen molar-refractivity contribution in [1.29, 1.82) is 0 Å². The number of rotatable bonds is 1. The Hall–Kier alpha value is 0.0700. The third-order valence-electron chi connectivity index (χ3n) is 1.11. The van der Waals surface area contributed by atoms with Crippen molar-refractivity contribution in [3.8, 4) is 0 Å². The van der Waals surface area contributed by atoms with Gasteiger partial charge in [0, 0.05) is 0 Å². The van der Waals surface area contributed by atoms with E-state index in [-0.39, 0.29) is 0 Å². The molecule has 0 fully saturated rings. The fraction of sp³-hybridized carbons (Fsp3) is 0.500. The quantitative estimate of drug-likeness (QED) is 0.790. The maximum absolute atomic E-state index is 9.09. The van der Waals surface area contributed by atoms with Crippen LogP contribution >= 0.6 is 27.3 Å². The van der Waals surface area contributed by atoms with Crippen LogP contribution in [0.1, 0.15) is 23.7 Å². The van der Waals surface area contributed by atoms with Crippen LogP contribution in [0.4, 0.5) is 0 Å². The Morgan fingerprint density at radius 3 is 2.50 bits per heavy atom. The number of nitrogens with zero attached hydrogens (tertiary/aromatic N) is 1. The molecule has 0 saturated carbocycles. The lowest BCUT2D eigenvalue weighted by Gasteiger charge is -1.94. The number of aliphatic hydroxyl groups excluding tert-OH is 1. The summed E-state index contributed by atoms with van der Waals surface area (Å²) >= 11 is 4.81. The first-order valence-electron chi connectivity index (χ1n) is 2.92. The molecule has 0 spiro atoms. The summed E-state index contributed by atoms with van der Waals surface area (Å²) in [7, 11) is 0. The molecule has 4 heteroatoms. The summed E-state index contributed by atoms with van der Waals surface area (Å²) in [5.41, 5.74) is 0.945. The zero-order valence-electron chi connectivity index (χ0n) is 5.76. The van der Waals surface area contributed by atoms with Crippen LogP contribution in [0.5, 0.6) is 0 Å². The highest BCUT2D eigenvalue weighted by Gasteiger charge is 2.08. The van der Waals surface area contributed by atoms with E-state index in [1.165, 1.54) is 11.3 Å².